The van der Waals surface area contributed by atoms with Gasteiger partial charge in [0, 0.05) is 18.0 Å². The minimum absolute atomic E-state index is 0.00479. The molecule has 2 saturated heterocycles. The number of aromatic nitrogens is 1. The van der Waals surface area contributed by atoms with E-state index >= 15 is 0 Å². The predicted octanol–water partition coefficient (Wildman–Crippen LogP) is 4.37. The van der Waals surface area contributed by atoms with E-state index in [-0.39, 0.29) is 36.5 Å². The second-order valence-electron chi connectivity index (χ2n) is 7.58. The summed E-state index contributed by atoms with van der Waals surface area (Å²) in [6.07, 6.45) is 4.78. The maximum atomic E-state index is 13.1. The van der Waals surface area contributed by atoms with Gasteiger partial charge in [0.2, 0.25) is 0 Å². The Bertz CT molecular complexity index is 827. The number of carbonyl (C=O) groups is 2. The molecule has 1 aromatic heterocycles. The van der Waals surface area contributed by atoms with Gasteiger partial charge in [-0.15, -0.1) is 0 Å². The summed E-state index contributed by atoms with van der Waals surface area (Å²) < 4.78 is 18.6. The van der Waals surface area contributed by atoms with Crippen molar-refractivity contribution in [1.29, 1.82) is 0 Å². The van der Waals surface area contributed by atoms with Gasteiger partial charge in [0.1, 0.15) is 18.1 Å². The van der Waals surface area contributed by atoms with Gasteiger partial charge in [0.25, 0.3) is 0 Å². The van der Waals surface area contributed by atoms with Crippen LogP contribution in [0.5, 0.6) is 0 Å². The molecule has 2 atom stereocenters. The van der Waals surface area contributed by atoms with Crippen LogP contribution in [0.25, 0.3) is 0 Å². The number of halogens is 1. The Morgan fingerprint density at radius 2 is 1.79 bits per heavy atom. The first-order chi connectivity index (χ1) is 13.6. The fourth-order valence-electron chi connectivity index (χ4n) is 4.42. The molecule has 5 nitrogen and oxygen atoms in total. The summed E-state index contributed by atoms with van der Waals surface area (Å²) in [5, 5.41) is 0. The molecule has 2 aromatic rings. The summed E-state index contributed by atoms with van der Waals surface area (Å²) in [6.45, 7) is 0.247. The summed E-state index contributed by atoms with van der Waals surface area (Å²) >= 11 is 0. The van der Waals surface area contributed by atoms with Gasteiger partial charge in [0.15, 0.2) is 5.78 Å². The average Bonchev–Trinajstić information content (AvgIpc) is 2.72. The highest BCUT2D eigenvalue weighted by Crippen LogP contribution is 2.38. The van der Waals surface area contributed by atoms with Gasteiger partial charge < -0.3 is 9.64 Å². The lowest BCUT2D eigenvalue weighted by Crippen LogP contribution is -2.55. The van der Waals surface area contributed by atoms with Gasteiger partial charge >= 0.3 is 6.09 Å². The zero-order valence-electron chi connectivity index (χ0n) is 15.6. The Morgan fingerprint density at radius 3 is 2.43 bits per heavy atom. The van der Waals surface area contributed by atoms with Crippen molar-refractivity contribution in [3.8, 4) is 0 Å². The topological polar surface area (TPSA) is 59.5 Å². The largest absolute Gasteiger partial charge is 0.445 e. The Kier molecular flexibility index (Phi) is 5.37. The van der Waals surface area contributed by atoms with Crippen molar-refractivity contribution in [3.05, 3.63) is 65.7 Å². The molecule has 1 aromatic carbocycles. The van der Waals surface area contributed by atoms with E-state index in [1.165, 1.54) is 12.1 Å². The van der Waals surface area contributed by atoms with E-state index in [0.717, 1.165) is 31.0 Å². The standard InChI is InChI=1S/C22H23FN2O3/c23-17-9-10-20(24-13-17)21(26)16-11-18-7-4-8-19(12-16)25(18)22(27)28-14-15-5-2-1-3-6-15/h1-3,5-6,9-10,13,16,18-19H,4,7-8,11-12,14H2. The molecule has 6 heteroatoms. The van der Waals surface area contributed by atoms with Crippen LogP contribution in [0, 0.1) is 11.7 Å². The van der Waals surface area contributed by atoms with Gasteiger partial charge in [-0.1, -0.05) is 30.3 Å². The maximum absolute atomic E-state index is 13.1. The van der Waals surface area contributed by atoms with Gasteiger partial charge in [-0.05, 0) is 49.8 Å². The molecule has 4 rings (SSSR count). The van der Waals surface area contributed by atoms with Crippen molar-refractivity contribution >= 4 is 11.9 Å². The number of Topliss-reactive ketones (excluding diaryl/α,β-unsaturated/α-hetero) is 1. The molecule has 2 aliphatic rings. The monoisotopic (exact) mass is 382 g/mol. The molecule has 2 fully saturated rings. The molecule has 0 saturated carbocycles. The van der Waals surface area contributed by atoms with Gasteiger partial charge in [-0.25, -0.2) is 9.18 Å². The van der Waals surface area contributed by atoms with Gasteiger partial charge in [0.05, 0.1) is 6.20 Å². The number of fused-ring (bicyclic) bond motifs is 2. The number of amides is 1. The number of benzene rings is 1. The summed E-state index contributed by atoms with van der Waals surface area (Å²) in [5.41, 5.74) is 1.25. The lowest BCUT2D eigenvalue weighted by atomic mass is 9.76. The Hall–Kier alpha value is -2.76. The first-order valence-corrected chi connectivity index (χ1v) is 9.76. The summed E-state index contributed by atoms with van der Waals surface area (Å²) in [6, 6.07) is 12.3. The number of ketones is 1. The second kappa shape index (κ2) is 8.09. The van der Waals surface area contributed by atoms with Crippen LogP contribution >= 0.6 is 0 Å². The van der Waals surface area contributed by atoms with Crippen molar-refractivity contribution in [2.75, 3.05) is 0 Å². The lowest BCUT2D eigenvalue weighted by Gasteiger charge is -2.47. The molecule has 0 radical (unpaired) electrons. The molecule has 2 aliphatic heterocycles. The number of hydrogen-bond acceptors (Lipinski definition) is 4. The number of piperidine rings is 2. The number of carbonyl (C=O) groups excluding carboxylic acids is 2. The Balaban J connectivity index is 1.42. The van der Waals surface area contributed by atoms with E-state index in [1.807, 2.05) is 35.2 Å². The number of pyridine rings is 1. The minimum Gasteiger partial charge on any atom is -0.445 e. The van der Waals surface area contributed by atoms with Crippen LogP contribution in [0.4, 0.5) is 9.18 Å². The van der Waals surface area contributed by atoms with Crippen molar-refractivity contribution in [3.63, 3.8) is 0 Å². The van der Waals surface area contributed by atoms with Crippen LogP contribution in [-0.4, -0.2) is 33.8 Å². The minimum atomic E-state index is -0.454. The fourth-order valence-corrected chi connectivity index (χ4v) is 4.42. The normalized spacial score (nSPS) is 23.9. The summed E-state index contributed by atoms with van der Waals surface area (Å²) in [5.74, 6) is -0.704. The van der Waals surface area contributed by atoms with Crippen molar-refractivity contribution in [2.45, 2.75) is 50.8 Å². The van der Waals surface area contributed by atoms with Crippen LogP contribution in [0.3, 0.4) is 0 Å². The number of rotatable bonds is 4. The first-order valence-electron chi connectivity index (χ1n) is 9.76. The lowest BCUT2D eigenvalue weighted by molar-refractivity contribution is 0.00463. The SMILES string of the molecule is O=C(c1ccc(F)cn1)C1CC2CCCC(C1)N2C(=O)OCc1ccccc1. The molecule has 1 amide bonds. The van der Waals surface area contributed by atoms with Crippen molar-refractivity contribution < 1.29 is 18.7 Å². The van der Waals surface area contributed by atoms with Crippen LogP contribution < -0.4 is 0 Å². The van der Waals surface area contributed by atoms with E-state index in [2.05, 4.69) is 4.98 Å². The van der Waals surface area contributed by atoms with Crippen molar-refractivity contribution in [1.82, 2.24) is 9.88 Å². The highest BCUT2D eigenvalue weighted by atomic mass is 19.1. The van der Waals surface area contributed by atoms with Crippen LogP contribution in [-0.2, 0) is 11.3 Å². The highest BCUT2D eigenvalue weighted by Gasteiger charge is 2.43. The first kappa shape index (κ1) is 18.6. The fraction of sp³-hybridized carbons (Fsp3) is 0.409. The van der Waals surface area contributed by atoms with E-state index in [4.69, 9.17) is 4.74 Å². The highest BCUT2D eigenvalue weighted by molar-refractivity contribution is 5.96. The molecule has 0 spiro atoms. The molecular formula is C22H23FN2O3. The Labute approximate surface area is 163 Å². The van der Waals surface area contributed by atoms with Crippen molar-refractivity contribution in [2.24, 2.45) is 5.92 Å². The van der Waals surface area contributed by atoms with E-state index in [9.17, 15) is 14.0 Å². The number of nitrogens with zero attached hydrogens (tertiary/aromatic N) is 2. The third kappa shape index (κ3) is 3.91. The third-order valence-corrected chi connectivity index (χ3v) is 5.74. The van der Waals surface area contributed by atoms with Crippen LogP contribution in [0.1, 0.15) is 48.2 Å². The predicted molar refractivity (Wildman–Crippen MR) is 101 cm³/mol. The molecule has 146 valence electrons. The molecular weight excluding hydrogens is 359 g/mol. The quantitative estimate of drug-likeness (QED) is 0.737. The van der Waals surface area contributed by atoms with Gasteiger partial charge in [-0.3, -0.25) is 9.78 Å². The maximum Gasteiger partial charge on any atom is 0.410 e. The van der Waals surface area contributed by atoms with E-state index in [0.29, 0.717) is 18.5 Å². The summed E-state index contributed by atoms with van der Waals surface area (Å²) in [7, 11) is 0. The zero-order chi connectivity index (χ0) is 19.5. The summed E-state index contributed by atoms with van der Waals surface area (Å²) in [4.78, 5) is 31.3. The molecule has 3 heterocycles. The molecule has 28 heavy (non-hydrogen) atoms. The van der Waals surface area contributed by atoms with Gasteiger partial charge in [-0.2, -0.15) is 0 Å². The molecule has 2 bridgehead atoms. The van der Waals surface area contributed by atoms with E-state index in [1.54, 1.807) is 0 Å². The Morgan fingerprint density at radius 1 is 1.07 bits per heavy atom. The molecule has 0 N–H and O–H groups in total. The second-order valence-corrected chi connectivity index (χ2v) is 7.58. The zero-order valence-corrected chi connectivity index (χ0v) is 15.6. The van der Waals surface area contributed by atoms with Crippen LogP contribution in [0.2, 0.25) is 0 Å². The third-order valence-electron chi connectivity index (χ3n) is 5.74. The molecule has 2 unspecified atom stereocenters. The number of hydrogen-bond donors (Lipinski definition) is 0. The molecule has 0 aliphatic carbocycles. The number of ether oxygens (including phenoxy) is 1. The average molecular weight is 382 g/mol. The smallest absolute Gasteiger partial charge is 0.410 e. The van der Waals surface area contributed by atoms with Crippen LogP contribution in [0.15, 0.2) is 48.7 Å². The van der Waals surface area contributed by atoms with E-state index < -0.39 is 5.82 Å².